The molecule has 98 valence electrons. The van der Waals surface area contributed by atoms with Crippen molar-refractivity contribution in [2.75, 3.05) is 24.6 Å². The molecule has 1 heterocycles. The largest absolute Gasteiger partial charge is 0.423 e. The Balaban J connectivity index is 2.17. The number of benzene rings is 1. The van der Waals surface area contributed by atoms with Crippen LogP contribution in [-0.4, -0.2) is 29.8 Å². The van der Waals surface area contributed by atoms with Gasteiger partial charge >= 0.3 is 0 Å². The minimum absolute atomic E-state index is 0.197. The summed E-state index contributed by atoms with van der Waals surface area (Å²) in [5.41, 5.74) is 1.70. The van der Waals surface area contributed by atoms with Gasteiger partial charge in [-0.3, -0.25) is 0 Å². The number of nitrogens with zero attached hydrogens (tertiary/aromatic N) is 2. The van der Waals surface area contributed by atoms with Gasteiger partial charge in [-0.2, -0.15) is 4.98 Å². The van der Waals surface area contributed by atoms with Crippen molar-refractivity contribution < 1.29 is 9.52 Å². The molecule has 0 spiro atoms. The summed E-state index contributed by atoms with van der Waals surface area (Å²) in [5, 5.41) is 8.95. The molecule has 1 N–H and O–H groups in total. The third-order valence-corrected chi connectivity index (χ3v) is 2.92. The van der Waals surface area contributed by atoms with Crippen LogP contribution in [0.2, 0.25) is 0 Å². The van der Waals surface area contributed by atoms with E-state index in [0.29, 0.717) is 6.01 Å². The lowest BCUT2D eigenvalue weighted by atomic mass is 10.3. The Hall–Kier alpha value is -1.55. The first-order valence-corrected chi connectivity index (χ1v) is 6.56. The van der Waals surface area contributed by atoms with E-state index in [4.69, 9.17) is 9.52 Å². The second-order valence-electron chi connectivity index (χ2n) is 4.38. The molecule has 0 aliphatic rings. The molecule has 2 rings (SSSR count). The number of aliphatic hydroxyl groups excluding tert-OH is 1. The molecule has 0 unspecified atom stereocenters. The van der Waals surface area contributed by atoms with E-state index >= 15 is 0 Å². The van der Waals surface area contributed by atoms with Gasteiger partial charge in [0.25, 0.3) is 6.01 Å². The SMILES string of the molecule is CCCCN(CCCO)c1nc2ccccc2o1. The molecule has 4 nitrogen and oxygen atoms in total. The molecule has 1 aromatic carbocycles. The lowest BCUT2D eigenvalue weighted by molar-refractivity contribution is 0.288. The fourth-order valence-corrected chi connectivity index (χ4v) is 1.91. The fraction of sp³-hybridized carbons (Fsp3) is 0.500. The fourth-order valence-electron chi connectivity index (χ4n) is 1.91. The Morgan fingerprint density at radius 3 is 2.72 bits per heavy atom. The number of unbranched alkanes of at least 4 members (excludes halogenated alkanes) is 1. The van der Waals surface area contributed by atoms with Gasteiger partial charge in [0.1, 0.15) is 5.52 Å². The van der Waals surface area contributed by atoms with Gasteiger partial charge in [0.05, 0.1) is 0 Å². The van der Waals surface area contributed by atoms with Gasteiger partial charge in [-0.1, -0.05) is 25.5 Å². The summed E-state index contributed by atoms with van der Waals surface area (Å²) >= 11 is 0. The van der Waals surface area contributed by atoms with Crippen molar-refractivity contribution in [3.05, 3.63) is 24.3 Å². The highest BCUT2D eigenvalue weighted by molar-refractivity contribution is 5.74. The topological polar surface area (TPSA) is 49.5 Å². The number of fused-ring (bicyclic) bond motifs is 1. The molecule has 0 atom stereocenters. The average molecular weight is 248 g/mol. The first-order chi connectivity index (χ1) is 8.85. The van der Waals surface area contributed by atoms with Crippen LogP contribution in [0, 0.1) is 0 Å². The first-order valence-electron chi connectivity index (χ1n) is 6.56. The molecule has 0 amide bonds. The monoisotopic (exact) mass is 248 g/mol. The second kappa shape index (κ2) is 6.40. The minimum Gasteiger partial charge on any atom is -0.423 e. The predicted molar refractivity (Wildman–Crippen MR) is 72.8 cm³/mol. The zero-order chi connectivity index (χ0) is 12.8. The standard InChI is InChI=1S/C14H20N2O2/c1-2-3-9-16(10-6-11-17)14-15-12-7-4-5-8-13(12)18-14/h4-5,7-8,17H,2-3,6,9-11H2,1H3. The lowest BCUT2D eigenvalue weighted by Crippen LogP contribution is -2.26. The Kier molecular flexibility index (Phi) is 4.59. The van der Waals surface area contributed by atoms with Crippen LogP contribution in [-0.2, 0) is 0 Å². The second-order valence-corrected chi connectivity index (χ2v) is 4.38. The van der Waals surface area contributed by atoms with Crippen molar-refractivity contribution >= 4 is 17.1 Å². The Morgan fingerprint density at radius 2 is 2.00 bits per heavy atom. The van der Waals surface area contributed by atoms with Crippen LogP contribution in [0.4, 0.5) is 6.01 Å². The van der Waals surface area contributed by atoms with E-state index in [-0.39, 0.29) is 6.61 Å². The Morgan fingerprint density at radius 1 is 1.22 bits per heavy atom. The maximum atomic E-state index is 8.95. The van der Waals surface area contributed by atoms with Crippen LogP contribution in [0.15, 0.2) is 28.7 Å². The predicted octanol–water partition coefficient (Wildman–Crippen LogP) is 2.82. The summed E-state index contributed by atoms with van der Waals surface area (Å²) in [6, 6.07) is 8.45. The van der Waals surface area contributed by atoms with E-state index in [1.165, 1.54) is 0 Å². The third-order valence-electron chi connectivity index (χ3n) is 2.92. The van der Waals surface area contributed by atoms with E-state index in [0.717, 1.165) is 43.5 Å². The van der Waals surface area contributed by atoms with Crippen LogP contribution < -0.4 is 4.90 Å². The number of aromatic nitrogens is 1. The maximum absolute atomic E-state index is 8.95. The summed E-state index contributed by atoms with van der Waals surface area (Å²) in [4.78, 5) is 6.61. The van der Waals surface area contributed by atoms with Gasteiger partial charge in [-0.05, 0) is 25.0 Å². The molecule has 0 saturated heterocycles. The maximum Gasteiger partial charge on any atom is 0.298 e. The van der Waals surface area contributed by atoms with Crippen LogP contribution in [0.1, 0.15) is 26.2 Å². The van der Waals surface area contributed by atoms with Crippen LogP contribution >= 0.6 is 0 Å². The van der Waals surface area contributed by atoms with Crippen LogP contribution in [0.25, 0.3) is 11.1 Å². The van der Waals surface area contributed by atoms with Crippen molar-refractivity contribution in [3.63, 3.8) is 0 Å². The van der Waals surface area contributed by atoms with Crippen molar-refractivity contribution in [1.82, 2.24) is 4.98 Å². The molecule has 0 aliphatic carbocycles. The summed E-state index contributed by atoms with van der Waals surface area (Å²) in [7, 11) is 0. The van der Waals surface area contributed by atoms with Crippen molar-refractivity contribution in [1.29, 1.82) is 0 Å². The Bertz CT molecular complexity index is 440. The third kappa shape index (κ3) is 3.01. The highest BCUT2D eigenvalue weighted by Gasteiger charge is 2.12. The van der Waals surface area contributed by atoms with Gasteiger partial charge in [-0.25, -0.2) is 0 Å². The van der Waals surface area contributed by atoms with Gasteiger partial charge in [0, 0.05) is 19.7 Å². The van der Waals surface area contributed by atoms with E-state index < -0.39 is 0 Å². The summed E-state index contributed by atoms with van der Waals surface area (Å²) < 4.78 is 5.76. The normalized spacial score (nSPS) is 11.0. The molecule has 0 aliphatic heterocycles. The summed E-state index contributed by atoms with van der Waals surface area (Å²) in [5.74, 6) is 0. The van der Waals surface area contributed by atoms with Gasteiger partial charge in [0.2, 0.25) is 0 Å². The highest BCUT2D eigenvalue weighted by atomic mass is 16.4. The first kappa shape index (κ1) is 12.9. The molecule has 2 aromatic rings. The van der Waals surface area contributed by atoms with Gasteiger partial charge < -0.3 is 14.4 Å². The molecule has 4 heteroatoms. The number of anilines is 1. The molecule has 0 bridgehead atoms. The number of hydrogen-bond donors (Lipinski definition) is 1. The van der Waals surface area contributed by atoms with Gasteiger partial charge in [0.15, 0.2) is 5.58 Å². The van der Waals surface area contributed by atoms with Crippen LogP contribution in [0.3, 0.4) is 0 Å². The number of rotatable bonds is 7. The van der Waals surface area contributed by atoms with Crippen molar-refractivity contribution in [2.24, 2.45) is 0 Å². The summed E-state index contributed by atoms with van der Waals surface area (Å²) in [6.07, 6.45) is 2.97. The number of aliphatic hydroxyl groups is 1. The van der Waals surface area contributed by atoms with Crippen molar-refractivity contribution in [3.8, 4) is 0 Å². The minimum atomic E-state index is 0.197. The highest BCUT2D eigenvalue weighted by Crippen LogP contribution is 2.22. The van der Waals surface area contributed by atoms with E-state index in [9.17, 15) is 0 Å². The number of oxazole rings is 1. The average Bonchev–Trinajstić information content (AvgIpc) is 2.82. The summed E-state index contributed by atoms with van der Waals surface area (Å²) in [6.45, 7) is 4.06. The molecule has 0 saturated carbocycles. The molecule has 1 aromatic heterocycles. The molecule has 0 radical (unpaired) electrons. The van der Waals surface area contributed by atoms with E-state index in [2.05, 4.69) is 16.8 Å². The molecular formula is C14H20N2O2. The molecule has 18 heavy (non-hydrogen) atoms. The lowest BCUT2D eigenvalue weighted by Gasteiger charge is -2.19. The smallest absolute Gasteiger partial charge is 0.298 e. The zero-order valence-corrected chi connectivity index (χ0v) is 10.8. The van der Waals surface area contributed by atoms with Crippen molar-refractivity contribution in [2.45, 2.75) is 26.2 Å². The van der Waals surface area contributed by atoms with Crippen LogP contribution in [0.5, 0.6) is 0 Å². The Labute approximate surface area is 107 Å². The number of hydrogen-bond acceptors (Lipinski definition) is 4. The molecular weight excluding hydrogens is 228 g/mol. The zero-order valence-electron chi connectivity index (χ0n) is 10.8. The van der Waals surface area contributed by atoms with E-state index in [1.54, 1.807) is 0 Å². The molecule has 0 fully saturated rings. The van der Waals surface area contributed by atoms with E-state index in [1.807, 2.05) is 24.3 Å². The van der Waals surface area contributed by atoms with Gasteiger partial charge in [-0.15, -0.1) is 0 Å². The quantitative estimate of drug-likeness (QED) is 0.818. The number of para-hydroxylation sites is 2.